The van der Waals surface area contributed by atoms with Crippen LogP contribution < -0.4 is 16.0 Å². The summed E-state index contributed by atoms with van der Waals surface area (Å²) >= 11 is 7.26. The van der Waals surface area contributed by atoms with Crippen LogP contribution in [0.15, 0.2) is 41.4 Å². The summed E-state index contributed by atoms with van der Waals surface area (Å²) < 4.78 is 0.655. The Balaban J connectivity index is 0.00000392. The number of benzene rings is 1. The molecule has 6 nitrogen and oxygen atoms in total. The summed E-state index contributed by atoms with van der Waals surface area (Å²) in [5.41, 5.74) is 1.94. The molecule has 154 valence electrons. The molecule has 1 heterocycles. The van der Waals surface area contributed by atoms with E-state index in [-0.39, 0.29) is 36.4 Å². The number of amides is 1. The van der Waals surface area contributed by atoms with Crippen molar-refractivity contribution in [3.05, 3.63) is 51.2 Å². The van der Waals surface area contributed by atoms with Crippen molar-refractivity contribution in [2.75, 3.05) is 25.0 Å². The van der Waals surface area contributed by atoms with E-state index >= 15 is 0 Å². The van der Waals surface area contributed by atoms with E-state index < -0.39 is 6.10 Å². The summed E-state index contributed by atoms with van der Waals surface area (Å²) in [5, 5.41) is 19.4. The van der Waals surface area contributed by atoms with Gasteiger partial charge in [-0.05, 0) is 43.2 Å². The summed E-state index contributed by atoms with van der Waals surface area (Å²) in [4.78, 5) is 16.3. The number of carbonyl (C=O) groups excluding carboxylic acids is 1. The van der Waals surface area contributed by atoms with Crippen LogP contribution in [0.5, 0.6) is 0 Å². The molecule has 0 bridgehead atoms. The number of carbonyl (C=O) groups is 1. The number of guanidine groups is 1. The highest BCUT2D eigenvalue weighted by Crippen LogP contribution is 2.26. The molecule has 0 fully saturated rings. The van der Waals surface area contributed by atoms with Gasteiger partial charge in [0.05, 0.1) is 10.9 Å². The van der Waals surface area contributed by atoms with Crippen molar-refractivity contribution < 1.29 is 9.90 Å². The number of anilines is 1. The molecule has 1 aromatic carbocycles. The molecule has 4 N–H and O–H groups in total. The summed E-state index contributed by atoms with van der Waals surface area (Å²) in [6, 6.07) is 11.3. The Morgan fingerprint density at radius 1 is 1.21 bits per heavy atom. The first kappa shape index (κ1) is 24.7. The highest BCUT2D eigenvalue weighted by Gasteiger charge is 2.10. The molecule has 0 radical (unpaired) electrons. The van der Waals surface area contributed by atoms with Crippen molar-refractivity contribution in [2.24, 2.45) is 4.99 Å². The van der Waals surface area contributed by atoms with Crippen LogP contribution in [0.2, 0.25) is 4.34 Å². The van der Waals surface area contributed by atoms with Crippen molar-refractivity contribution in [2.45, 2.75) is 26.4 Å². The van der Waals surface area contributed by atoms with Gasteiger partial charge in [-0.15, -0.1) is 35.3 Å². The summed E-state index contributed by atoms with van der Waals surface area (Å²) in [6.45, 7) is 5.18. The van der Waals surface area contributed by atoms with E-state index in [0.29, 0.717) is 16.8 Å². The molecule has 1 atom stereocenters. The van der Waals surface area contributed by atoms with Gasteiger partial charge in [0.25, 0.3) is 0 Å². The van der Waals surface area contributed by atoms with Crippen LogP contribution in [-0.2, 0) is 11.2 Å². The molecule has 1 aromatic heterocycles. The molecule has 9 heteroatoms. The first-order valence-electron chi connectivity index (χ1n) is 8.80. The minimum Gasteiger partial charge on any atom is -0.386 e. The Kier molecular flexibility index (Phi) is 11.4. The standard InChI is InChI=1S/C19H25ClN4O2S.HI/c1-3-21-19(23-12-16(26)17-8-9-18(20)27-17)22-11-10-14-4-6-15(7-5-14)24-13(2)25;/h4-9,16,26H,3,10-12H2,1-2H3,(H,24,25)(H2,21,22,23);1H. The number of aliphatic imine (C=N–C) groups is 1. The average molecular weight is 537 g/mol. The van der Waals surface area contributed by atoms with Crippen LogP contribution in [0, 0.1) is 0 Å². The third-order valence-electron chi connectivity index (χ3n) is 3.67. The lowest BCUT2D eigenvalue weighted by molar-refractivity contribution is -0.114. The van der Waals surface area contributed by atoms with Gasteiger partial charge in [-0.3, -0.25) is 9.79 Å². The lowest BCUT2D eigenvalue weighted by Crippen LogP contribution is -2.38. The number of nitrogens with zero attached hydrogens (tertiary/aromatic N) is 1. The number of aliphatic hydroxyl groups excluding tert-OH is 1. The number of nitrogens with one attached hydrogen (secondary N) is 3. The number of thiophene rings is 1. The van der Waals surface area contributed by atoms with Gasteiger partial charge in [0.15, 0.2) is 5.96 Å². The molecule has 0 spiro atoms. The van der Waals surface area contributed by atoms with Gasteiger partial charge >= 0.3 is 0 Å². The molecule has 0 aliphatic carbocycles. The van der Waals surface area contributed by atoms with E-state index in [1.807, 2.05) is 37.3 Å². The van der Waals surface area contributed by atoms with Crippen LogP contribution in [-0.4, -0.2) is 36.6 Å². The fourth-order valence-corrected chi connectivity index (χ4v) is 3.44. The van der Waals surface area contributed by atoms with Crippen LogP contribution in [0.1, 0.15) is 30.4 Å². The molecule has 2 aromatic rings. The highest BCUT2D eigenvalue weighted by molar-refractivity contribution is 14.0. The van der Waals surface area contributed by atoms with Crippen LogP contribution >= 0.6 is 46.9 Å². The molecular formula is C19H26ClIN4O2S. The van der Waals surface area contributed by atoms with Crippen molar-refractivity contribution >= 4 is 64.5 Å². The third-order valence-corrected chi connectivity index (χ3v) is 5.00. The highest BCUT2D eigenvalue weighted by atomic mass is 127. The molecule has 0 aliphatic rings. The van der Waals surface area contributed by atoms with Crippen LogP contribution in [0.3, 0.4) is 0 Å². The number of hydrogen-bond acceptors (Lipinski definition) is 4. The van der Waals surface area contributed by atoms with Gasteiger partial charge in [-0.1, -0.05) is 23.7 Å². The Morgan fingerprint density at radius 3 is 2.50 bits per heavy atom. The van der Waals surface area contributed by atoms with E-state index in [0.717, 1.165) is 29.1 Å². The van der Waals surface area contributed by atoms with Crippen molar-refractivity contribution in [1.29, 1.82) is 0 Å². The summed E-state index contributed by atoms with van der Waals surface area (Å²) in [6.07, 6.45) is 0.146. The fraction of sp³-hybridized carbons (Fsp3) is 0.368. The SMILES string of the molecule is CCNC(=NCC(O)c1ccc(Cl)s1)NCCc1ccc(NC(C)=O)cc1.I. The molecule has 0 aliphatic heterocycles. The first-order chi connectivity index (χ1) is 13.0. The second-order valence-electron chi connectivity index (χ2n) is 5.93. The largest absolute Gasteiger partial charge is 0.386 e. The molecular weight excluding hydrogens is 511 g/mol. The van der Waals surface area contributed by atoms with Gasteiger partial charge in [-0.2, -0.15) is 0 Å². The van der Waals surface area contributed by atoms with Crippen molar-refractivity contribution in [1.82, 2.24) is 10.6 Å². The first-order valence-corrected chi connectivity index (χ1v) is 9.99. The van der Waals surface area contributed by atoms with Gasteiger partial charge < -0.3 is 21.1 Å². The monoisotopic (exact) mass is 536 g/mol. The second-order valence-corrected chi connectivity index (χ2v) is 7.68. The molecule has 2 rings (SSSR count). The van der Waals surface area contributed by atoms with Crippen LogP contribution in [0.25, 0.3) is 0 Å². The maximum Gasteiger partial charge on any atom is 0.221 e. The van der Waals surface area contributed by atoms with Gasteiger partial charge in [0, 0.05) is 30.6 Å². The molecule has 28 heavy (non-hydrogen) atoms. The molecule has 1 amide bonds. The third kappa shape index (κ3) is 8.76. The van der Waals surface area contributed by atoms with E-state index in [9.17, 15) is 9.90 Å². The zero-order valence-corrected chi connectivity index (χ0v) is 19.8. The van der Waals surface area contributed by atoms with Gasteiger partial charge in [-0.25, -0.2) is 0 Å². The van der Waals surface area contributed by atoms with E-state index in [1.165, 1.54) is 18.3 Å². The second kappa shape index (κ2) is 13.0. The predicted molar refractivity (Wildman–Crippen MR) is 128 cm³/mol. The fourth-order valence-electron chi connectivity index (χ4n) is 2.40. The number of halogens is 2. The Morgan fingerprint density at radius 2 is 1.93 bits per heavy atom. The lowest BCUT2D eigenvalue weighted by Gasteiger charge is -2.13. The van der Waals surface area contributed by atoms with Crippen LogP contribution in [0.4, 0.5) is 5.69 Å². The number of rotatable bonds is 8. The maximum absolute atomic E-state index is 11.0. The lowest BCUT2D eigenvalue weighted by atomic mass is 10.1. The topological polar surface area (TPSA) is 85.8 Å². The summed E-state index contributed by atoms with van der Waals surface area (Å²) in [5.74, 6) is 0.581. The quantitative estimate of drug-likeness (QED) is 0.235. The minimum absolute atomic E-state index is 0. The Hall–Kier alpha value is -1.36. The Labute approximate surface area is 191 Å². The average Bonchev–Trinajstić information content (AvgIpc) is 3.07. The van der Waals surface area contributed by atoms with E-state index in [4.69, 9.17) is 11.6 Å². The number of hydrogen-bond donors (Lipinski definition) is 4. The molecule has 0 saturated heterocycles. The molecule has 1 unspecified atom stereocenters. The van der Waals surface area contributed by atoms with E-state index in [2.05, 4.69) is 20.9 Å². The van der Waals surface area contributed by atoms with Gasteiger partial charge in [0.2, 0.25) is 5.91 Å². The van der Waals surface area contributed by atoms with E-state index in [1.54, 1.807) is 6.07 Å². The van der Waals surface area contributed by atoms with Crippen molar-refractivity contribution in [3.8, 4) is 0 Å². The van der Waals surface area contributed by atoms with Gasteiger partial charge in [0.1, 0.15) is 6.10 Å². The van der Waals surface area contributed by atoms with Crippen molar-refractivity contribution in [3.63, 3.8) is 0 Å². The molecule has 0 saturated carbocycles. The zero-order valence-electron chi connectivity index (χ0n) is 15.9. The smallest absolute Gasteiger partial charge is 0.221 e. The summed E-state index contributed by atoms with van der Waals surface area (Å²) in [7, 11) is 0. The maximum atomic E-state index is 11.0. The number of aliphatic hydroxyl groups is 1. The normalized spacial score (nSPS) is 12.1. The predicted octanol–water partition coefficient (Wildman–Crippen LogP) is 3.81. The minimum atomic E-state index is -0.667. The Bertz CT molecular complexity index is 768. The zero-order chi connectivity index (χ0) is 19.6.